The van der Waals surface area contributed by atoms with E-state index in [2.05, 4.69) is 34.6 Å². The lowest BCUT2D eigenvalue weighted by Gasteiger charge is -2.34. The van der Waals surface area contributed by atoms with Gasteiger partial charge in [0.25, 0.3) is 0 Å². The summed E-state index contributed by atoms with van der Waals surface area (Å²) in [6, 6.07) is 8.62. The van der Waals surface area contributed by atoms with Gasteiger partial charge in [-0.1, -0.05) is 18.6 Å². The molecule has 1 aromatic carbocycles. The van der Waals surface area contributed by atoms with E-state index in [0.29, 0.717) is 19.5 Å². The molecule has 2 N–H and O–H groups in total. The van der Waals surface area contributed by atoms with Crippen LogP contribution in [0.5, 0.6) is 5.75 Å². The number of carbonyl (C=O) groups excluding carboxylic acids is 1. The number of aliphatic imine (C=N–C) groups is 1. The summed E-state index contributed by atoms with van der Waals surface area (Å²) in [5.74, 6) is 1.90. The first-order valence-corrected chi connectivity index (χ1v) is 11.9. The highest BCUT2D eigenvalue weighted by Crippen LogP contribution is 2.26. The maximum absolute atomic E-state index is 12.3. The van der Waals surface area contributed by atoms with Crippen molar-refractivity contribution in [2.45, 2.75) is 51.5 Å². The van der Waals surface area contributed by atoms with Crippen LogP contribution in [0, 0.1) is 0 Å². The van der Waals surface area contributed by atoms with Crippen molar-refractivity contribution < 1.29 is 9.53 Å². The van der Waals surface area contributed by atoms with E-state index in [4.69, 9.17) is 9.73 Å². The Balaban J connectivity index is 1.62. The van der Waals surface area contributed by atoms with Gasteiger partial charge in [0, 0.05) is 32.6 Å². The zero-order valence-corrected chi connectivity index (χ0v) is 19.2. The molecule has 1 unspecified atom stereocenters. The third-order valence-corrected chi connectivity index (χ3v) is 6.19. The van der Waals surface area contributed by atoms with Crippen molar-refractivity contribution in [3.63, 3.8) is 0 Å². The van der Waals surface area contributed by atoms with E-state index >= 15 is 0 Å². The average Bonchev–Trinajstić information content (AvgIpc) is 3.35. The fourth-order valence-corrected chi connectivity index (χ4v) is 4.42. The van der Waals surface area contributed by atoms with Gasteiger partial charge in [0.2, 0.25) is 5.91 Å². The van der Waals surface area contributed by atoms with Crippen molar-refractivity contribution in [3.8, 4) is 5.75 Å². The van der Waals surface area contributed by atoms with Gasteiger partial charge in [-0.2, -0.15) is 0 Å². The molecule has 1 atom stereocenters. The van der Waals surface area contributed by atoms with Gasteiger partial charge < -0.3 is 20.3 Å². The van der Waals surface area contributed by atoms with Gasteiger partial charge in [0.15, 0.2) is 5.96 Å². The molecule has 0 aliphatic carbocycles. The van der Waals surface area contributed by atoms with Crippen LogP contribution in [0.1, 0.15) is 57.1 Å². The number of nitrogens with zero attached hydrogens (tertiary/aromatic N) is 3. The van der Waals surface area contributed by atoms with Gasteiger partial charge in [-0.15, -0.1) is 0 Å². The van der Waals surface area contributed by atoms with Gasteiger partial charge >= 0.3 is 0 Å². The molecule has 0 bridgehead atoms. The van der Waals surface area contributed by atoms with Crippen LogP contribution < -0.4 is 15.4 Å². The molecule has 7 nitrogen and oxygen atoms in total. The molecule has 0 spiro atoms. The molecule has 0 aromatic heterocycles. The zero-order chi connectivity index (χ0) is 21.9. The molecule has 0 radical (unpaired) electrons. The highest BCUT2D eigenvalue weighted by atomic mass is 16.5. The SMILES string of the molecule is CCNC(=NCC(c1ccc(OC)cc1)N1CCCCC1)NCCC(=O)N1CCCC1. The average molecular weight is 430 g/mol. The number of hydrogen-bond donors (Lipinski definition) is 2. The lowest BCUT2D eigenvalue weighted by molar-refractivity contribution is -0.129. The Morgan fingerprint density at radius 2 is 1.71 bits per heavy atom. The Morgan fingerprint density at radius 3 is 2.35 bits per heavy atom. The Kier molecular flexibility index (Phi) is 9.46. The number of hydrogen-bond acceptors (Lipinski definition) is 4. The first-order chi connectivity index (χ1) is 15.2. The van der Waals surface area contributed by atoms with Crippen LogP contribution >= 0.6 is 0 Å². The Morgan fingerprint density at radius 1 is 1.03 bits per heavy atom. The van der Waals surface area contributed by atoms with Gasteiger partial charge in [0.1, 0.15) is 5.75 Å². The number of methoxy groups -OCH3 is 1. The molecule has 0 saturated carbocycles. The summed E-state index contributed by atoms with van der Waals surface area (Å²) in [5.41, 5.74) is 1.27. The van der Waals surface area contributed by atoms with Crippen LogP contribution in [0.3, 0.4) is 0 Å². The van der Waals surface area contributed by atoms with E-state index in [-0.39, 0.29) is 11.9 Å². The van der Waals surface area contributed by atoms with Crippen LogP contribution in [0.4, 0.5) is 0 Å². The van der Waals surface area contributed by atoms with Crippen molar-refractivity contribution in [2.75, 3.05) is 52.9 Å². The minimum atomic E-state index is 0.241. The standard InChI is InChI=1S/C24H39N5O2/c1-3-25-24(26-14-13-23(30)29-17-7-8-18-29)27-19-22(28-15-5-4-6-16-28)20-9-11-21(31-2)12-10-20/h9-12,22H,3-8,13-19H2,1-2H3,(H2,25,26,27). The topological polar surface area (TPSA) is 69.2 Å². The second-order valence-corrected chi connectivity index (χ2v) is 8.37. The minimum Gasteiger partial charge on any atom is -0.497 e. The van der Waals surface area contributed by atoms with Gasteiger partial charge in [-0.25, -0.2) is 0 Å². The molecule has 31 heavy (non-hydrogen) atoms. The maximum atomic E-state index is 12.3. The number of carbonyl (C=O) groups is 1. The summed E-state index contributed by atoms with van der Waals surface area (Å²) < 4.78 is 5.33. The van der Waals surface area contributed by atoms with Gasteiger partial charge in [0.05, 0.1) is 19.7 Å². The number of nitrogens with one attached hydrogen (secondary N) is 2. The zero-order valence-electron chi connectivity index (χ0n) is 19.2. The Bertz CT molecular complexity index is 694. The Hall–Kier alpha value is -2.28. The molecular weight excluding hydrogens is 390 g/mol. The molecule has 2 aliphatic rings. The van der Waals surface area contributed by atoms with Crippen molar-refractivity contribution in [1.29, 1.82) is 0 Å². The molecule has 2 saturated heterocycles. The number of ether oxygens (including phenoxy) is 1. The predicted molar refractivity (Wildman–Crippen MR) is 126 cm³/mol. The molecule has 2 heterocycles. The van der Waals surface area contributed by atoms with E-state index in [9.17, 15) is 4.79 Å². The van der Waals surface area contributed by atoms with Crippen LogP contribution in [0.2, 0.25) is 0 Å². The maximum Gasteiger partial charge on any atom is 0.224 e. The van der Waals surface area contributed by atoms with Crippen LogP contribution in [0.15, 0.2) is 29.3 Å². The lowest BCUT2D eigenvalue weighted by atomic mass is 10.0. The van der Waals surface area contributed by atoms with E-state index in [1.807, 2.05) is 17.0 Å². The summed E-state index contributed by atoms with van der Waals surface area (Å²) in [4.78, 5) is 21.7. The minimum absolute atomic E-state index is 0.241. The monoisotopic (exact) mass is 429 g/mol. The van der Waals surface area contributed by atoms with Crippen molar-refractivity contribution in [3.05, 3.63) is 29.8 Å². The van der Waals surface area contributed by atoms with E-state index in [0.717, 1.165) is 57.3 Å². The summed E-state index contributed by atoms with van der Waals surface area (Å²) in [7, 11) is 1.70. The summed E-state index contributed by atoms with van der Waals surface area (Å²) in [6.07, 6.45) is 6.57. The molecule has 2 aliphatic heterocycles. The highest BCUT2D eigenvalue weighted by Gasteiger charge is 2.22. The van der Waals surface area contributed by atoms with E-state index in [1.54, 1.807) is 7.11 Å². The number of likely N-dealkylation sites (tertiary alicyclic amines) is 2. The molecule has 3 rings (SSSR count). The first-order valence-electron chi connectivity index (χ1n) is 11.9. The highest BCUT2D eigenvalue weighted by molar-refractivity contribution is 5.81. The molecule has 7 heteroatoms. The molecule has 1 amide bonds. The largest absolute Gasteiger partial charge is 0.497 e. The second kappa shape index (κ2) is 12.5. The molecular formula is C24H39N5O2. The molecule has 172 valence electrons. The van der Waals surface area contributed by atoms with Crippen molar-refractivity contribution in [2.24, 2.45) is 4.99 Å². The number of benzene rings is 1. The summed E-state index contributed by atoms with van der Waals surface area (Å²) >= 11 is 0. The van der Waals surface area contributed by atoms with Gasteiger partial charge in [-0.3, -0.25) is 14.7 Å². The normalized spacial score (nSPS) is 18.6. The number of guanidine groups is 1. The smallest absolute Gasteiger partial charge is 0.224 e. The molecule has 2 fully saturated rings. The number of piperidine rings is 1. The quantitative estimate of drug-likeness (QED) is 0.467. The van der Waals surface area contributed by atoms with E-state index < -0.39 is 0 Å². The van der Waals surface area contributed by atoms with Crippen molar-refractivity contribution in [1.82, 2.24) is 20.4 Å². The number of amides is 1. The van der Waals surface area contributed by atoms with Crippen LogP contribution in [-0.2, 0) is 4.79 Å². The summed E-state index contributed by atoms with van der Waals surface area (Å²) in [6.45, 7) is 8.20. The van der Waals surface area contributed by atoms with Crippen molar-refractivity contribution >= 4 is 11.9 Å². The van der Waals surface area contributed by atoms with Crippen LogP contribution in [0.25, 0.3) is 0 Å². The first kappa shape index (κ1) is 23.4. The van der Waals surface area contributed by atoms with E-state index in [1.165, 1.54) is 24.8 Å². The molecule has 1 aromatic rings. The van der Waals surface area contributed by atoms with Crippen LogP contribution in [-0.4, -0.2) is 74.6 Å². The number of rotatable bonds is 9. The fourth-order valence-electron chi connectivity index (χ4n) is 4.42. The lowest BCUT2D eigenvalue weighted by Crippen LogP contribution is -2.41. The van der Waals surface area contributed by atoms with Gasteiger partial charge in [-0.05, 0) is 63.4 Å². The Labute approximate surface area is 187 Å². The third-order valence-electron chi connectivity index (χ3n) is 6.19. The second-order valence-electron chi connectivity index (χ2n) is 8.37. The predicted octanol–water partition coefficient (Wildman–Crippen LogP) is 2.79. The fraction of sp³-hybridized carbons (Fsp3) is 0.667. The summed E-state index contributed by atoms with van der Waals surface area (Å²) in [5, 5.41) is 6.69. The third kappa shape index (κ3) is 7.13.